The SMILES string of the molecule is CCC(C)C(N)C(=O)NC(C(=O)NC(C)C(=O)NCC(=O)NC(CS)C(=O)NC(CO)C(=O)O)C(C)C. The number of carbonyl (C=O) groups excluding carboxylic acids is 5. The highest BCUT2D eigenvalue weighted by molar-refractivity contribution is 7.80. The second kappa shape index (κ2) is 16.8. The van der Waals surface area contributed by atoms with E-state index in [0.29, 0.717) is 6.42 Å². The van der Waals surface area contributed by atoms with Gasteiger partial charge in [0.1, 0.15) is 24.2 Å². The van der Waals surface area contributed by atoms with E-state index in [1.165, 1.54) is 6.92 Å². The Balaban J connectivity index is 4.90. The van der Waals surface area contributed by atoms with Gasteiger partial charge in [0.15, 0.2) is 0 Å². The van der Waals surface area contributed by atoms with Gasteiger partial charge in [-0.15, -0.1) is 0 Å². The number of aliphatic carboxylic acids is 1. The number of hydrogen-bond donors (Lipinski definition) is 9. The molecule has 0 aliphatic carbocycles. The Morgan fingerprint density at radius 2 is 1.43 bits per heavy atom. The Morgan fingerprint density at radius 1 is 0.838 bits per heavy atom. The van der Waals surface area contributed by atoms with E-state index in [0.717, 1.165) is 0 Å². The van der Waals surface area contributed by atoms with Crippen LogP contribution in [0.4, 0.5) is 0 Å². The van der Waals surface area contributed by atoms with Crippen LogP contribution in [0.15, 0.2) is 0 Å². The highest BCUT2D eigenvalue weighted by atomic mass is 32.1. The number of hydrogen-bond acceptors (Lipinski definition) is 9. The van der Waals surface area contributed by atoms with Crippen LogP contribution in [0.2, 0.25) is 0 Å². The predicted molar refractivity (Wildman–Crippen MR) is 137 cm³/mol. The lowest BCUT2D eigenvalue weighted by molar-refractivity contribution is -0.143. The van der Waals surface area contributed by atoms with E-state index in [1.807, 2.05) is 13.8 Å². The summed E-state index contributed by atoms with van der Waals surface area (Å²) >= 11 is 3.94. The maximum Gasteiger partial charge on any atom is 0.328 e. The molecule has 0 rings (SSSR count). The van der Waals surface area contributed by atoms with Crippen molar-refractivity contribution >= 4 is 48.1 Å². The molecule has 5 amide bonds. The average molecular weight is 549 g/mol. The molecule has 0 saturated heterocycles. The topological polar surface area (TPSA) is 229 Å². The van der Waals surface area contributed by atoms with Gasteiger partial charge in [0, 0.05) is 5.75 Å². The first-order chi connectivity index (χ1) is 17.2. The van der Waals surface area contributed by atoms with Crippen molar-refractivity contribution in [1.29, 1.82) is 0 Å². The van der Waals surface area contributed by atoms with Crippen molar-refractivity contribution in [2.45, 2.75) is 71.2 Å². The fraction of sp³-hybridized carbons (Fsp3) is 0.727. The van der Waals surface area contributed by atoms with E-state index in [2.05, 4.69) is 39.2 Å². The average Bonchev–Trinajstić information content (AvgIpc) is 2.85. The van der Waals surface area contributed by atoms with Crippen LogP contribution in [0.3, 0.4) is 0 Å². The van der Waals surface area contributed by atoms with Crippen molar-refractivity contribution < 1.29 is 39.0 Å². The minimum Gasteiger partial charge on any atom is -0.480 e. The molecule has 0 aromatic heterocycles. The molecule has 0 spiro atoms. The molecule has 0 heterocycles. The summed E-state index contributed by atoms with van der Waals surface area (Å²) in [4.78, 5) is 72.7. The Kier molecular flexibility index (Phi) is 15.4. The third kappa shape index (κ3) is 11.8. The third-order valence-electron chi connectivity index (χ3n) is 5.61. The molecule has 9 N–H and O–H groups in total. The molecular formula is C22H40N6O8S. The summed E-state index contributed by atoms with van der Waals surface area (Å²) in [5.41, 5.74) is 5.93. The van der Waals surface area contributed by atoms with Crippen LogP contribution in [0, 0.1) is 11.8 Å². The molecule has 0 aliphatic rings. The zero-order valence-corrected chi connectivity index (χ0v) is 22.6. The van der Waals surface area contributed by atoms with Gasteiger partial charge in [-0.05, 0) is 18.8 Å². The monoisotopic (exact) mass is 548 g/mol. The molecule has 0 radical (unpaired) electrons. The van der Waals surface area contributed by atoms with Crippen LogP contribution in [-0.2, 0) is 28.8 Å². The zero-order chi connectivity index (χ0) is 28.9. The second-order valence-corrected chi connectivity index (χ2v) is 9.34. The fourth-order valence-electron chi connectivity index (χ4n) is 2.88. The van der Waals surface area contributed by atoms with Gasteiger partial charge in [-0.25, -0.2) is 4.79 Å². The van der Waals surface area contributed by atoms with E-state index in [4.69, 9.17) is 15.9 Å². The highest BCUT2D eigenvalue weighted by Gasteiger charge is 2.30. The van der Waals surface area contributed by atoms with Crippen molar-refractivity contribution in [1.82, 2.24) is 26.6 Å². The molecule has 6 unspecified atom stereocenters. The van der Waals surface area contributed by atoms with E-state index in [9.17, 15) is 28.8 Å². The number of carbonyl (C=O) groups is 6. The molecule has 15 heteroatoms. The summed E-state index contributed by atoms with van der Waals surface area (Å²) in [5, 5.41) is 29.7. The van der Waals surface area contributed by atoms with Crippen LogP contribution >= 0.6 is 12.6 Å². The number of aliphatic hydroxyl groups excluding tert-OH is 1. The van der Waals surface area contributed by atoms with Crippen LogP contribution in [0.25, 0.3) is 0 Å². The first kappa shape index (κ1) is 34.1. The number of aliphatic hydroxyl groups is 1. The summed E-state index contributed by atoms with van der Waals surface area (Å²) in [6, 6.07) is -5.58. The standard InChI is InChI=1S/C22H40N6O8S/c1-6-11(4)16(23)20(33)28-17(10(2)3)21(34)25-12(5)18(31)24-7-15(30)26-14(9-37)19(32)27-13(8-29)22(35)36/h10-14,16-17,29,37H,6-9,23H2,1-5H3,(H,24,31)(H,25,34)(H,26,30)(H,27,32)(H,28,33)(H,35,36). The Morgan fingerprint density at radius 3 is 1.89 bits per heavy atom. The molecule has 0 aliphatic heterocycles. The van der Waals surface area contributed by atoms with Gasteiger partial charge in [-0.3, -0.25) is 24.0 Å². The summed E-state index contributed by atoms with van der Waals surface area (Å²) in [7, 11) is 0. The number of carboxylic acid groups (broad SMARTS) is 1. The van der Waals surface area contributed by atoms with E-state index in [-0.39, 0.29) is 17.6 Å². The lowest BCUT2D eigenvalue weighted by atomic mass is 9.97. The predicted octanol–water partition coefficient (Wildman–Crippen LogP) is -2.90. The van der Waals surface area contributed by atoms with Gasteiger partial charge in [0.25, 0.3) is 0 Å². The van der Waals surface area contributed by atoms with Crippen molar-refractivity contribution in [3.05, 3.63) is 0 Å². The van der Waals surface area contributed by atoms with Gasteiger partial charge < -0.3 is 42.5 Å². The fourth-order valence-corrected chi connectivity index (χ4v) is 3.14. The van der Waals surface area contributed by atoms with E-state index in [1.54, 1.807) is 13.8 Å². The van der Waals surface area contributed by atoms with Gasteiger partial charge in [-0.2, -0.15) is 12.6 Å². The molecule has 0 saturated carbocycles. The summed E-state index contributed by atoms with van der Waals surface area (Å²) in [6.07, 6.45) is 0.683. The van der Waals surface area contributed by atoms with E-state index < -0.39 is 78.9 Å². The maximum atomic E-state index is 12.7. The number of nitrogens with two attached hydrogens (primary N) is 1. The van der Waals surface area contributed by atoms with Crippen LogP contribution < -0.4 is 32.3 Å². The van der Waals surface area contributed by atoms with Crippen LogP contribution in [-0.4, -0.2) is 94.8 Å². The van der Waals surface area contributed by atoms with Crippen LogP contribution in [0.1, 0.15) is 41.0 Å². The molecule has 0 bridgehead atoms. The number of amides is 5. The number of rotatable bonds is 16. The third-order valence-corrected chi connectivity index (χ3v) is 5.98. The summed E-state index contributed by atoms with van der Waals surface area (Å²) in [5.74, 6) is -5.47. The number of nitrogens with one attached hydrogen (secondary N) is 5. The minimum absolute atomic E-state index is 0.0896. The van der Waals surface area contributed by atoms with Gasteiger partial charge in [0.05, 0.1) is 19.2 Å². The molecule has 212 valence electrons. The number of carboxylic acids is 1. The lowest BCUT2D eigenvalue weighted by Crippen LogP contribution is -2.58. The first-order valence-corrected chi connectivity index (χ1v) is 12.5. The highest BCUT2D eigenvalue weighted by Crippen LogP contribution is 2.08. The molecule has 0 fully saturated rings. The normalized spacial score (nSPS) is 15.8. The van der Waals surface area contributed by atoms with Crippen molar-refractivity contribution in [2.75, 3.05) is 18.9 Å². The van der Waals surface area contributed by atoms with Gasteiger partial charge >= 0.3 is 5.97 Å². The smallest absolute Gasteiger partial charge is 0.328 e. The molecule has 0 aromatic carbocycles. The maximum absolute atomic E-state index is 12.7. The Labute approximate surface area is 221 Å². The summed E-state index contributed by atoms with van der Waals surface area (Å²) in [6.45, 7) is 7.16. The summed E-state index contributed by atoms with van der Waals surface area (Å²) < 4.78 is 0. The molecule has 6 atom stereocenters. The Hall–Kier alpha value is -2.91. The Bertz CT molecular complexity index is 827. The van der Waals surface area contributed by atoms with Crippen molar-refractivity contribution in [3.8, 4) is 0 Å². The van der Waals surface area contributed by atoms with Gasteiger partial charge in [-0.1, -0.05) is 34.1 Å². The molecular weight excluding hydrogens is 508 g/mol. The van der Waals surface area contributed by atoms with Crippen molar-refractivity contribution in [2.24, 2.45) is 17.6 Å². The molecule has 37 heavy (non-hydrogen) atoms. The quantitative estimate of drug-likeness (QED) is 0.0899. The van der Waals surface area contributed by atoms with Crippen LogP contribution in [0.5, 0.6) is 0 Å². The van der Waals surface area contributed by atoms with Crippen molar-refractivity contribution in [3.63, 3.8) is 0 Å². The first-order valence-electron chi connectivity index (χ1n) is 11.9. The molecule has 0 aromatic rings. The lowest BCUT2D eigenvalue weighted by Gasteiger charge is -2.26. The minimum atomic E-state index is -1.55. The van der Waals surface area contributed by atoms with Gasteiger partial charge in [0.2, 0.25) is 29.5 Å². The van der Waals surface area contributed by atoms with E-state index >= 15 is 0 Å². The number of thiol groups is 1. The second-order valence-electron chi connectivity index (χ2n) is 8.97. The largest absolute Gasteiger partial charge is 0.480 e. The zero-order valence-electron chi connectivity index (χ0n) is 21.7. The molecule has 14 nitrogen and oxygen atoms in total.